The summed E-state index contributed by atoms with van der Waals surface area (Å²) < 4.78 is 5.68. The van der Waals surface area contributed by atoms with E-state index in [0.717, 1.165) is 44.8 Å². The van der Waals surface area contributed by atoms with Crippen LogP contribution in [0.4, 0.5) is 4.79 Å². The Bertz CT molecular complexity index is 553. The molecular weight excluding hydrogens is 294 g/mol. The average molecular weight is 317 g/mol. The zero-order valence-corrected chi connectivity index (χ0v) is 13.2. The van der Waals surface area contributed by atoms with Gasteiger partial charge in [-0.15, -0.1) is 0 Å². The van der Waals surface area contributed by atoms with Crippen LogP contribution in [0.25, 0.3) is 0 Å². The number of amides is 3. The minimum Gasteiger partial charge on any atom is -0.494 e. The lowest BCUT2D eigenvalue weighted by molar-refractivity contribution is -0.125. The van der Waals surface area contributed by atoms with Crippen molar-refractivity contribution in [1.82, 2.24) is 15.5 Å². The Labute approximate surface area is 136 Å². The third-order valence-corrected chi connectivity index (χ3v) is 4.60. The predicted octanol–water partition coefficient (Wildman–Crippen LogP) is 1.52. The van der Waals surface area contributed by atoms with E-state index >= 15 is 0 Å². The smallest absolute Gasteiger partial charge is 0.322 e. The lowest BCUT2D eigenvalue weighted by Gasteiger charge is -2.36. The predicted molar refractivity (Wildman–Crippen MR) is 86.3 cm³/mol. The Morgan fingerprint density at radius 1 is 1.09 bits per heavy atom. The Morgan fingerprint density at radius 2 is 1.83 bits per heavy atom. The number of nitrogens with zero attached hydrogens (tertiary/aromatic N) is 1. The molecule has 0 unspecified atom stereocenters. The number of unbranched alkanes of at least 4 members (excludes halogenated alkanes) is 1. The standard InChI is InChI=1S/C17H23N3O3/c21-15-17(19-16(22)18-15)8-11-20(12-9-17)10-4-5-13-23-14-6-2-1-3-7-14/h1-3,6-7H,4-5,8-13H2,(H2,18,19,21,22). The van der Waals surface area contributed by atoms with Gasteiger partial charge >= 0.3 is 6.03 Å². The highest BCUT2D eigenvalue weighted by molar-refractivity contribution is 6.07. The number of benzene rings is 1. The minimum atomic E-state index is -0.663. The summed E-state index contributed by atoms with van der Waals surface area (Å²) in [4.78, 5) is 25.5. The molecule has 0 bridgehead atoms. The number of para-hydroxylation sites is 1. The van der Waals surface area contributed by atoms with E-state index in [-0.39, 0.29) is 11.9 Å². The summed E-state index contributed by atoms with van der Waals surface area (Å²) in [6.07, 6.45) is 3.45. The van der Waals surface area contributed by atoms with Crippen LogP contribution in [0.2, 0.25) is 0 Å². The lowest BCUT2D eigenvalue weighted by atomic mass is 9.87. The van der Waals surface area contributed by atoms with Crippen LogP contribution in [0.1, 0.15) is 25.7 Å². The molecular formula is C17H23N3O3. The Kier molecular flexibility index (Phi) is 4.81. The number of likely N-dealkylation sites (tertiary alicyclic amines) is 1. The minimum absolute atomic E-state index is 0.168. The Balaban J connectivity index is 1.32. The fourth-order valence-electron chi connectivity index (χ4n) is 3.18. The zero-order chi connectivity index (χ0) is 16.1. The fraction of sp³-hybridized carbons (Fsp3) is 0.529. The van der Waals surface area contributed by atoms with Crippen LogP contribution in [-0.2, 0) is 4.79 Å². The molecule has 3 amide bonds. The van der Waals surface area contributed by atoms with Gasteiger partial charge in [0, 0.05) is 13.1 Å². The lowest BCUT2D eigenvalue weighted by Crippen LogP contribution is -2.54. The van der Waals surface area contributed by atoms with E-state index in [1.807, 2.05) is 30.3 Å². The maximum Gasteiger partial charge on any atom is 0.322 e. The summed E-state index contributed by atoms with van der Waals surface area (Å²) in [7, 11) is 0. The molecule has 2 aliphatic heterocycles. The van der Waals surface area contributed by atoms with E-state index < -0.39 is 5.54 Å². The van der Waals surface area contributed by atoms with E-state index in [2.05, 4.69) is 15.5 Å². The number of carbonyl (C=O) groups is 2. The van der Waals surface area contributed by atoms with Gasteiger partial charge in [-0.3, -0.25) is 10.1 Å². The summed E-state index contributed by atoms with van der Waals surface area (Å²) in [6.45, 7) is 3.41. The zero-order valence-electron chi connectivity index (χ0n) is 13.2. The van der Waals surface area contributed by atoms with Crippen LogP contribution < -0.4 is 15.4 Å². The van der Waals surface area contributed by atoms with Gasteiger partial charge in [-0.1, -0.05) is 18.2 Å². The maximum absolute atomic E-state index is 11.9. The highest BCUT2D eigenvalue weighted by Gasteiger charge is 2.47. The molecule has 2 N–H and O–H groups in total. The number of ether oxygens (including phenoxy) is 1. The number of hydrogen-bond acceptors (Lipinski definition) is 4. The Hall–Kier alpha value is -2.08. The second-order valence-electron chi connectivity index (χ2n) is 6.20. The molecule has 1 aromatic rings. The van der Waals surface area contributed by atoms with Crippen molar-refractivity contribution in [3.8, 4) is 5.75 Å². The highest BCUT2D eigenvalue weighted by atomic mass is 16.5. The van der Waals surface area contributed by atoms with Gasteiger partial charge in [0.05, 0.1) is 6.61 Å². The van der Waals surface area contributed by atoms with Crippen molar-refractivity contribution in [2.24, 2.45) is 0 Å². The fourth-order valence-corrected chi connectivity index (χ4v) is 3.18. The van der Waals surface area contributed by atoms with Gasteiger partial charge in [0.25, 0.3) is 5.91 Å². The summed E-state index contributed by atoms with van der Waals surface area (Å²) in [5.74, 6) is 0.744. The number of hydrogen-bond donors (Lipinski definition) is 2. The Morgan fingerprint density at radius 3 is 2.48 bits per heavy atom. The number of urea groups is 1. The molecule has 3 rings (SSSR count). The van der Waals surface area contributed by atoms with Crippen molar-refractivity contribution in [2.75, 3.05) is 26.2 Å². The first-order valence-electron chi connectivity index (χ1n) is 8.22. The molecule has 2 saturated heterocycles. The van der Waals surface area contributed by atoms with Gasteiger partial charge in [0.1, 0.15) is 11.3 Å². The first-order valence-corrected chi connectivity index (χ1v) is 8.22. The SMILES string of the molecule is O=C1NC(=O)C2(CCN(CCCCOc3ccccc3)CC2)N1. The molecule has 0 atom stereocenters. The van der Waals surface area contributed by atoms with Crippen LogP contribution in [0.15, 0.2) is 30.3 Å². The van der Waals surface area contributed by atoms with Crippen molar-refractivity contribution in [1.29, 1.82) is 0 Å². The van der Waals surface area contributed by atoms with Crippen LogP contribution in [-0.4, -0.2) is 48.6 Å². The molecule has 6 heteroatoms. The topological polar surface area (TPSA) is 70.7 Å². The monoisotopic (exact) mass is 317 g/mol. The normalized spacial score (nSPS) is 20.3. The van der Waals surface area contributed by atoms with Crippen LogP contribution in [0.5, 0.6) is 5.75 Å². The number of carbonyl (C=O) groups excluding carboxylic acids is 2. The van der Waals surface area contributed by atoms with Gasteiger partial charge < -0.3 is 15.0 Å². The molecule has 2 fully saturated rings. The number of imide groups is 1. The van der Waals surface area contributed by atoms with Gasteiger partial charge in [-0.25, -0.2) is 4.79 Å². The van der Waals surface area contributed by atoms with E-state index in [1.54, 1.807) is 0 Å². The summed E-state index contributed by atoms with van der Waals surface area (Å²) in [6, 6.07) is 9.48. The molecule has 23 heavy (non-hydrogen) atoms. The van der Waals surface area contributed by atoms with E-state index in [9.17, 15) is 9.59 Å². The van der Waals surface area contributed by atoms with Crippen molar-refractivity contribution in [3.05, 3.63) is 30.3 Å². The molecule has 0 radical (unpaired) electrons. The highest BCUT2D eigenvalue weighted by Crippen LogP contribution is 2.25. The average Bonchev–Trinajstić information content (AvgIpc) is 2.83. The van der Waals surface area contributed by atoms with E-state index in [1.165, 1.54) is 0 Å². The number of nitrogens with one attached hydrogen (secondary N) is 2. The molecule has 1 aromatic carbocycles. The quantitative estimate of drug-likeness (QED) is 0.616. The van der Waals surface area contributed by atoms with Crippen LogP contribution >= 0.6 is 0 Å². The summed E-state index contributed by atoms with van der Waals surface area (Å²) >= 11 is 0. The molecule has 124 valence electrons. The van der Waals surface area contributed by atoms with Gasteiger partial charge in [-0.2, -0.15) is 0 Å². The molecule has 2 heterocycles. The van der Waals surface area contributed by atoms with Gasteiger partial charge in [0.2, 0.25) is 0 Å². The molecule has 0 aromatic heterocycles. The maximum atomic E-state index is 11.9. The van der Waals surface area contributed by atoms with Gasteiger partial charge in [0.15, 0.2) is 0 Å². The van der Waals surface area contributed by atoms with Crippen molar-refractivity contribution in [2.45, 2.75) is 31.2 Å². The van der Waals surface area contributed by atoms with E-state index in [4.69, 9.17) is 4.74 Å². The van der Waals surface area contributed by atoms with Gasteiger partial charge in [-0.05, 0) is 44.4 Å². The van der Waals surface area contributed by atoms with Crippen molar-refractivity contribution >= 4 is 11.9 Å². The first-order chi connectivity index (χ1) is 11.2. The second-order valence-corrected chi connectivity index (χ2v) is 6.20. The summed E-state index contributed by atoms with van der Waals surface area (Å²) in [5, 5.41) is 5.13. The first kappa shape index (κ1) is 15.8. The molecule has 0 saturated carbocycles. The molecule has 2 aliphatic rings. The third kappa shape index (κ3) is 3.82. The third-order valence-electron chi connectivity index (χ3n) is 4.60. The largest absolute Gasteiger partial charge is 0.494 e. The van der Waals surface area contributed by atoms with Crippen LogP contribution in [0, 0.1) is 0 Å². The molecule has 0 aliphatic carbocycles. The second kappa shape index (κ2) is 7.00. The summed E-state index contributed by atoms with van der Waals surface area (Å²) in [5.41, 5.74) is -0.663. The molecule has 1 spiro atoms. The van der Waals surface area contributed by atoms with Crippen molar-refractivity contribution in [3.63, 3.8) is 0 Å². The molecule has 6 nitrogen and oxygen atoms in total. The van der Waals surface area contributed by atoms with E-state index in [0.29, 0.717) is 12.8 Å². The van der Waals surface area contributed by atoms with Crippen LogP contribution in [0.3, 0.4) is 0 Å². The van der Waals surface area contributed by atoms with Crippen molar-refractivity contribution < 1.29 is 14.3 Å². The number of rotatable bonds is 6. The number of piperidine rings is 1.